The van der Waals surface area contributed by atoms with E-state index in [0.29, 0.717) is 18.2 Å². The Balaban J connectivity index is 2.32. The fourth-order valence-corrected chi connectivity index (χ4v) is 2.26. The van der Waals surface area contributed by atoms with Crippen LogP contribution in [0.25, 0.3) is 0 Å². The van der Waals surface area contributed by atoms with Crippen LogP contribution in [0.5, 0.6) is 0 Å². The molecule has 1 fully saturated rings. The number of imide groups is 1. The maximum Gasteiger partial charge on any atom is 0.333 e. The molecule has 19 heavy (non-hydrogen) atoms. The van der Waals surface area contributed by atoms with E-state index >= 15 is 0 Å². The number of nitrogens with zero attached hydrogens (tertiary/aromatic N) is 3. The number of carbonyl (C=O) groups excluding carboxylic acids is 2. The first kappa shape index (κ1) is 13.5. The number of amides is 3. The summed E-state index contributed by atoms with van der Waals surface area (Å²) in [5, 5.41) is 0. The summed E-state index contributed by atoms with van der Waals surface area (Å²) >= 11 is 0. The van der Waals surface area contributed by atoms with Gasteiger partial charge in [-0.3, -0.25) is 4.79 Å². The minimum atomic E-state index is -0.380. The molecule has 5 heteroatoms. The largest absolute Gasteiger partial charge is 0.333 e. The predicted octanol–water partition coefficient (Wildman–Crippen LogP) is 2.20. The average molecular weight is 261 g/mol. The molecule has 0 aliphatic carbocycles. The van der Waals surface area contributed by atoms with Gasteiger partial charge in [0.25, 0.3) is 5.91 Å². The van der Waals surface area contributed by atoms with Crippen molar-refractivity contribution in [1.82, 2.24) is 9.88 Å². The lowest BCUT2D eigenvalue weighted by Gasteiger charge is -2.17. The molecule has 1 aromatic rings. The first-order chi connectivity index (χ1) is 8.91. The Morgan fingerprint density at radius 1 is 1.37 bits per heavy atom. The molecule has 0 unspecified atom stereocenters. The van der Waals surface area contributed by atoms with E-state index in [2.05, 4.69) is 4.98 Å². The Morgan fingerprint density at radius 2 is 2.05 bits per heavy atom. The van der Waals surface area contributed by atoms with Crippen LogP contribution in [-0.2, 0) is 4.79 Å². The van der Waals surface area contributed by atoms with E-state index in [4.69, 9.17) is 0 Å². The molecular formula is C14H19N3O2. The highest BCUT2D eigenvalue weighted by Crippen LogP contribution is 2.26. The number of anilines is 1. The zero-order valence-electron chi connectivity index (χ0n) is 11.8. The number of pyridine rings is 1. The van der Waals surface area contributed by atoms with Crippen LogP contribution in [0.1, 0.15) is 25.8 Å². The number of hydrogen-bond acceptors (Lipinski definition) is 3. The van der Waals surface area contributed by atoms with Crippen molar-refractivity contribution >= 4 is 17.8 Å². The summed E-state index contributed by atoms with van der Waals surface area (Å²) < 4.78 is 0. The van der Waals surface area contributed by atoms with E-state index in [1.165, 1.54) is 9.80 Å². The van der Waals surface area contributed by atoms with Crippen molar-refractivity contribution in [1.29, 1.82) is 0 Å². The number of hydrogen-bond donors (Lipinski definition) is 0. The topological polar surface area (TPSA) is 53.5 Å². The molecule has 1 aliphatic heterocycles. The van der Waals surface area contributed by atoms with Gasteiger partial charge in [0.05, 0.1) is 0 Å². The van der Waals surface area contributed by atoms with E-state index in [1.54, 1.807) is 19.3 Å². The Kier molecular flexibility index (Phi) is 3.55. The molecule has 2 rings (SSSR count). The van der Waals surface area contributed by atoms with Gasteiger partial charge in [-0.15, -0.1) is 0 Å². The van der Waals surface area contributed by atoms with Gasteiger partial charge in [-0.1, -0.05) is 13.8 Å². The third-order valence-corrected chi connectivity index (χ3v) is 3.29. The van der Waals surface area contributed by atoms with Crippen molar-refractivity contribution in [2.24, 2.45) is 5.92 Å². The SMILES string of the molecule is Cc1ccnc(N2C(=O)[C@@H](CC(C)C)N(C)C2=O)c1. The molecule has 0 bridgehead atoms. The van der Waals surface area contributed by atoms with Gasteiger partial charge in [0, 0.05) is 13.2 Å². The lowest BCUT2D eigenvalue weighted by molar-refractivity contribution is -0.119. The van der Waals surface area contributed by atoms with E-state index < -0.39 is 0 Å². The van der Waals surface area contributed by atoms with Gasteiger partial charge in [0.15, 0.2) is 0 Å². The lowest BCUT2D eigenvalue weighted by Crippen LogP contribution is -2.32. The highest BCUT2D eigenvalue weighted by atomic mass is 16.2. The van der Waals surface area contributed by atoms with Gasteiger partial charge < -0.3 is 4.90 Å². The molecule has 1 atom stereocenters. The van der Waals surface area contributed by atoms with Crippen molar-refractivity contribution in [2.45, 2.75) is 33.2 Å². The monoisotopic (exact) mass is 261 g/mol. The minimum Gasteiger partial charge on any atom is -0.315 e. The molecule has 0 spiro atoms. The standard InChI is InChI=1S/C14H19N3O2/c1-9(2)7-11-13(18)17(14(19)16(11)4)12-8-10(3)5-6-15-12/h5-6,8-9,11H,7H2,1-4H3/t11-/m1/s1. The van der Waals surface area contributed by atoms with Crippen LogP contribution in [0.3, 0.4) is 0 Å². The van der Waals surface area contributed by atoms with E-state index in [1.807, 2.05) is 26.8 Å². The number of rotatable bonds is 3. The van der Waals surface area contributed by atoms with Crippen molar-refractivity contribution in [3.8, 4) is 0 Å². The normalized spacial score (nSPS) is 19.7. The average Bonchev–Trinajstić information content (AvgIpc) is 2.53. The van der Waals surface area contributed by atoms with Crippen LogP contribution in [0.2, 0.25) is 0 Å². The predicted molar refractivity (Wildman–Crippen MR) is 72.9 cm³/mol. The van der Waals surface area contributed by atoms with Crippen LogP contribution in [0.15, 0.2) is 18.3 Å². The first-order valence-corrected chi connectivity index (χ1v) is 6.45. The number of aryl methyl sites for hydroxylation is 1. The zero-order valence-corrected chi connectivity index (χ0v) is 11.8. The van der Waals surface area contributed by atoms with Gasteiger partial charge in [-0.2, -0.15) is 0 Å². The summed E-state index contributed by atoms with van der Waals surface area (Å²) in [6, 6.07) is 2.91. The van der Waals surface area contributed by atoms with Crippen LogP contribution >= 0.6 is 0 Å². The van der Waals surface area contributed by atoms with Crippen molar-refractivity contribution in [3.05, 3.63) is 23.9 Å². The molecule has 0 saturated carbocycles. The maximum atomic E-state index is 12.4. The zero-order chi connectivity index (χ0) is 14.2. The lowest BCUT2D eigenvalue weighted by atomic mass is 10.0. The molecule has 0 N–H and O–H groups in total. The Morgan fingerprint density at radius 3 is 2.63 bits per heavy atom. The molecular weight excluding hydrogens is 242 g/mol. The van der Waals surface area contributed by atoms with Crippen molar-refractivity contribution in [2.75, 3.05) is 11.9 Å². The Hall–Kier alpha value is -1.91. The third kappa shape index (κ3) is 2.45. The number of likely N-dealkylation sites (N-methyl/N-ethyl adjacent to an activating group) is 1. The molecule has 2 heterocycles. The summed E-state index contributed by atoms with van der Waals surface area (Å²) in [6.45, 7) is 5.99. The van der Waals surface area contributed by atoms with Crippen LogP contribution < -0.4 is 4.90 Å². The highest BCUT2D eigenvalue weighted by Gasteiger charge is 2.44. The fraction of sp³-hybridized carbons (Fsp3) is 0.500. The number of urea groups is 1. The smallest absolute Gasteiger partial charge is 0.315 e. The number of carbonyl (C=O) groups is 2. The molecule has 0 radical (unpaired) electrons. The van der Waals surface area contributed by atoms with Crippen LogP contribution in [0.4, 0.5) is 10.6 Å². The second kappa shape index (κ2) is 4.99. The molecule has 102 valence electrons. The van der Waals surface area contributed by atoms with Crippen molar-refractivity contribution in [3.63, 3.8) is 0 Å². The summed E-state index contributed by atoms with van der Waals surface area (Å²) in [7, 11) is 1.67. The molecule has 1 aliphatic rings. The Labute approximate surface area is 113 Å². The summed E-state index contributed by atoms with van der Waals surface area (Å²) in [6.07, 6.45) is 2.28. The molecule has 5 nitrogen and oxygen atoms in total. The fourth-order valence-electron chi connectivity index (χ4n) is 2.26. The van der Waals surface area contributed by atoms with Gasteiger partial charge in [-0.25, -0.2) is 14.7 Å². The van der Waals surface area contributed by atoms with Crippen molar-refractivity contribution < 1.29 is 9.59 Å². The second-order valence-corrected chi connectivity index (χ2v) is 5.40. The van der Waals surface area contributed by atoms with Gasteiger partial charge >= 0.3 is 6.03 Å². The molecule has 1 aromatic heterocycles. The van der Waals surface area contributed by atoms with Crippen LogP contribution in [0, 0.1) is 12.8 Å². The van der Waals surface area contributed by atoms with Gasteiger partial charge in [0.2, 0.25) is 0 Å². The quantitative estimate of drug-likeness (QED) is 0.784. The highest BCUT2D eigenvalue weighted by molar-refractivity contribution is 6.20. The molecule has 1 saturated heterocycles. The molecule has 3 amide bonds. The minimum absolute atomic E-state index is 0.181. The summed E-state index contributed by atoms with van der Waals surface area (Å²) in [5.74, 6) is 0.585. The molecule has 0 aromatic carbocycles. The maximum absolute atomic E-state index is 12.4. The Bertz CT molecular complexity index is 513. The van der Waals surface area contributed by atoms with E-state index in [0.717, 1.165) is 5.56 Å². The summed E-state index contributed by atoms with van der Waals surface area (Å²) in [5.41, 5.74) is 0.973. The van der Waals surface area contributed by atoms with Crippen LogP contribution in [-0.4, -0.2) is 34.9 Å². The third-order valence-electron chi connectivity index (χ3n) is 3.29. The summed E-state index contributed by atoms with van der Waals surface area (Å²) in [4.78, 5) is 31.4. The first-order valence-electron chi connectivity index (χ1n) is 6.45. The van der Waals surface area contributed by atoms with E-state index in [-0.39, 0.29) is 18.0 Å². The van der Waals surface area contributed by atoms with E-state index in [9.17, 15) is 9.59 Å². The van der Waals surface area contributed by atoms with Gasteiger partial charge in [-0.05, 0) is 37.0 Å². The van der Waals surface area contributed by atoms with Gasteiger partial charge in [0.1, 0.15) is 11.9 Å². The second-order valence-electron chi connectivity index (χ2n) is 5.40. The number of aromatic nitrogens is 1.